The quantitative estimate of drug-likeness (QED) is 0.561. The fourth-order valence-electron chi connectivity index (χ4n) is 1.38. The summed E-state index contributed by atoms with van der Waals surface area (Å²) in [6.45, 7) is 0. The van der Waals surface area contributed by atoms with Crippen LogP contribution in [-0.4, -0.2) is 15.6 Å². The van der Waals surface area contributed by atoms with E-state index < -0.39 is 0 Å². The van der Waals surface area contributed by atoms with Crippen molar-refractivity contribution in [2.45, 2.75) is 6.17 Å². The molecular weight excluding hydrogens is 198 g/mol. The second-order valence-electron chi connectivity index (χ2n) is 3.06. The van der Waals surface area contributed by atoms with Gasteiger partial charge in [-0.1, -0.05) is 0 Å². The average Bonchev–Trinajstić information content (AvgIpc) is 2.49. The molecule has 2 rings (SSSR count). The summed E-state index contributed by atoms with van der Waals surface area (Å²) in [5.41, 5.74) is 6.60. The Morgan fingerprint density at radius 3 is 3.00 bits per heavy atom. The van der Waals surface area contributed by atoms with E-state index in [0.717, 1.165) is 5.69 Å². The van der Waals surface area contributed by atoms with Crippen LogP contribution in [0.3, 0.4) is 0 Å². The summed E-state index contributed by atoms with van der Waals surface area (Å²) < 4.78 is 1.97. The van der Waals surface area contributed by atoms with E-state index in [-0.39, 0.29) is 6.17 Å². The van der Waals surface area contributed by atoms with E-state index in [0.29, 0.717) is 11.1 Å². The van der Waals surface area contributed by atoms with Crippen LogP contribution in [0, 0.1) is 0 Å². The van der Waals surface area contributed by atoms with E-state index in [4.69, 9.17) is 18.0 Å². The zero-order valence-corrected chi connectivity index (χ0v) is 8.51. The molecule has 0 saturated carbocycles. The summed E-state index contributed by atoms with van der Waals surface area (Å²) in [5, 5.41) is 6.25. The summed E-state index contributed by atoms with van der Waals surface area (Å²) >= 11 is 4.98. The molecule has 1 atom stereocenters. The van der Waals surface area contributed by atoms with E-state index >= 15 is 0 Å². The molecule has 74 valence electrons. The largest absolute Gasteiger partial charge is 0.370 e. The second kappa shape index (κ2) is 3.30. The Balaban J connectivity index is 2.32. The molecule has 0 spiro atoms. The van der Waals surface area contributed by atoms with Crippen LogP contribution in [0.15, 0.2) is 23.3 Å². The fraction of sp³-hybridized carbons (Fsp3) is 0.250. The lowest BCUT2D eigenvalue weighted by Gasteiger charge is -2.23. The maximum atomic E-state index is 5.57. The van der Waals surface area contributed by atoms with Gasteiger partial charge >= 0.3 is 0 Å². The number of thiocarbonyl (C=S) groups is 1. The number of nitrogens with zero attached hydrogens (tertiary/aromatic N) is 2. The van der Waals surface area contributed by atoms with Crippen molar-refractivity contribution in [3.63, 3.8) is 0 Å². The normalized spacial score (nSPS) is 21.1. The third-order valence-electron chi connectivity index (χ3n) is 2.04. The Hall–Kier alpha value is -1.56. The highest BCUT2D eigenvalue weighted by Gasteiger charge is 2.18. The zero-order chi connectivity index (χ0) is 10.1. The van der Waals surface area contributed by atoms with E-state index in [1.54, 1.807) is 0 Å². The Kier molecular flexibility index (Phi) is 2.12. The molecule has 0 radical (unpaired) electrons. The molecule has 1 aliphatic rings. The van der Waals surface area contributed by atoms with Gasteiger partial charge < -0.3 is 20.9 Å². The van der Waals surface area contributed by atoms with Gasteiger partial charge in [0.1, 0.15) is 0 Å². The summed E-state index contributed by atoms with van der Waals surface area (Å²) in [6.07, 6.45) is 1.76. The predicted molar refractivity (Wildman–Crippen MR) is 58.6 cm³/mol. The van der Waals surface area contributed by atoms with Crippen LogP contribution >= 0.6 is 12.2 Å². The lowest BCUT2D eigenvalue weighted by atomic mass is 10.3. The van der Waals surface area contributed by atoms with Crippen LogP contribution in [0.1, 0.15) is 11.9 Å². The first kappa shape index (κ1) is 9.01. The SMILES string of the molecule is Cn1cccc1[C@H]1N=C(N)NC(=S)N1. The van der Waals surface area contributed by atoms with E-state index in [1.165, 1.54) is 0 Å². The summed E-state index contributed by atoms with van der Waals surface area (Å²) in [6, 6.07) is 3.93. The van der Waals surface area contributed by atoms with E-state index in [9.17, 15) is 0 Å². The monoisotopic (exact) mass is 209 g/mol. The van der Waals surface area contributed by atoms with Crippen molar-refractivity contribution in [3.05, 3.63) is 24.0 Å². The van der Waals surface area contributed by atoms with Crippen molar-refractivity contribution in [1.82, 2.24) is 15.2 Å². The smallest absolute Gasteiger partial charge is 0.197 e. The summed E-state index contributed by atoms with van der Waals surface area (Å²) in [7, 11) is 1.95. The predicted octanol–water partition coefficient (Wildman–Crippen LogP) is -0.184. The number of aromatic nitrogens is 1. The third-order valence-corrected chi connectivity index (χ3v) is 2.26. The maximum Gasteiger partial charge on any atom is 0.197 e. The van der Waals surface area contributed by atoms with Crippen molar-refractivity contribution in [3.8, 4) is 0 Å². The molecular formula is C8H11N5S. The van der Waals surface area contributed by atoms with Gasteiger partial charge in [0.05, 0.1) is 5.69 Å². The Morgan fingerprint density at radius 1 is 1.64 bits per heavy atom. The number of nitrogens with one attached hydrogen (secondary N) is 2. The molecule has 0 unspecified atom stereocenters. The van der Waals surface area contributed by atoms with Gasteiger partial charge in [-0.3, -0.25) is 0 Å². The van der Waals surface area contributed by atoms with Gasteiger partial charge in [0.25, 0.3) is 0 Å². The minimum atomic E-state index is -0.191. The average molecular weight is 209 g/mol. The van der Waals surface area contributed by atoms with Gasteiger partial charge in [0, 0.05) is 13.2 Å². The van der Waals surface area contributed by atoms with Crippen molar-refractivity contribution < 1.29 is 0 Å². The highest BCUT2D eigenvalue weighted by atomic mass is 32.1. The molecule has 0 aliphatic carbocycles. The van der Waals surface area contributed by atoms with E-state index in [1.807, 2.05) is 29.9 Å². The summed E-state index contributed by atoms with van der Waals surface area (Å²) in [5.74, 6) is 0.347. The number of aryl methyl sites for hydroxylation is 1. The van der Waals surface area contributed by atoms with Crippen LogP contribution in [0.2, 0.25) is 0 Å². The molecule has 6 heteroatoms. The van der Waals surface area contributed by atoms with Gasteiger partial charge in [-0.15, -0.1) is 0 Å². The Morgan fingerprint density at radius 2 is 2.43 bits per heavy atom. The van der Waals surface area contributed by atoms with Gasteiger partial charge in [-0.05, 0) is 24.4 Å². The highest BCUT2D eigenvalue weighted by molar-refractivity contribution is 7.80. The lowest BCUT2D eigenvalue weighted by molar-refractivity contribution is 0.610. The topological polar surface area (TPSA) is 67.4 Å². The van der Waals surface area contributed by atoms with Gasteiger partial charge in [0.15, 0.2) is 17.2 Å². The standard InChI is InChI=1S/C8H11N5S/c1-13-4-2-3-5(13)6-10-7(9)12-8(14)11-6/h2-4,6H,1H3,(H4,9,10,11,12,14)/t6-/m0/s1. The van der Waals surface area contributed by atoms with Crippen molar-refractivity contribution >= 4 is 23.3 Å². The molecule has 2 heterocycles. The molecule has 5 nitrogen and oxygen atoms in total. The van der Waals surface area contributed by atoms with Crippen LogP contribution in [0.25, 0.3) is 0 Å². The van der Waals surface area contributed by atoms with Gasteiger partial charge in [-0.2, -0.15) is 0 Å². The zero-order valence-electron chi connectivity index (χ0n) is 7.69. The van der Waals surface area contributed by atoms with Gasteiger partial charge in [-0.25, -0.2) is 4.99 Å². The number of nitrogens with two attached hydrogens (primary N) is 1. The van der Waals surface area contributed by atoms with Crippen LogP contribution in [-0.2, 0) is 7.05 Å². The van der Waals surface area contributed by atoms with Gasteiger partial charge in [0.2, 0.25) is 0 Å². The molecule has 4 N–H and O–H groups in total. The minimum Gasteiger partial charge on any atom is -0.370 e. The molecule has 1 aliphatic heterocycles. The van der Waals surface area contributed by atoms with Crippen molar-refractivity contribution in [1.29, 1.82) is 0 Å². The lowest BCUT2D eigenvalue weighted by Crippen LogP contribution is -2.49. The first-order valence-corrected chi connectivity index (χ1v) is 4.59. The molecule has 0 amide bonds. The number of aliphatic imine (C=N–C) groups is 1. The molecule has 1 aromatic heterocycles. The minimum absolute atomic E-state index is 0.191. The Labute approximate surface area is 87.0 Å². The molecule has 0 aromatic carbocycles. The van der Waals surface area contributed by atoms with Crippen LogP contribution in [0.4, 0.5) is 0 Å². The van der Waals surface area contributed by atoms with Crippen LogP contribution in [0.5, 0.6) is 0 Å². The Bertz CT molecular complexity index is 394. The molecule has 0 bridgehead atoms. The molecule has 14 heavy (non-hydrogen) atoms. The van der Waals surface area contributed by atoms with E-state index in [2.05, 4.69) is 15.6 Å². The number of hydrogen-bond donors (Lipinski definition) is 3. The molecule has 0 fully saturated rings. The highest BCUT2D eigenvalue weighted by Crippen LogP contribution is 2.15. The first-order valence-electron chi connectivity index (χ1n) is 4.19. The summed E-state index contributed by atoms with van der Waals surface area (Å²) in [4.78, 5) is 4.20. The number of guanidine groups is 1. The second-order valence-corrected chi connectivity index (χ2v) is 3.47. The fourth-order valence-corrected chi connectivity index (χ4v) is 1.59. The van der Waals surface area contributed by atoms with Crippen LogP contribution < -0.4 is 16.4 Å². The number of rotatable bonds is 1. The molecule has 0 saturated heterocycles. The maximum absolute atomic E-state index is 5.57. The molecule has 1 aromatic rings. The van der Waals surface area contributed by atoms with Crippen molar-refractivity contribution in [2.24, 2.45) is 17.8 Å². The third kappa shape index (κ3) is 1.56. The number of hydrogen-bond acceptors (Lipinski definition) is 3. The first-order chi connectivity index (χ1) is 6.66. The van der Waals surface area contributed by atoms with Crippen molar-refractivity contribution in [2.75, 3.05) is 0 Å².